The van der Waals surface area contributed by atoms with Crippen molar-refractivity contribution in [3.05, 3.63) is 35.4 Å². The molecule has 0 unspecified atom stereocenters. The maximum Gasteiger partial charge on any atom is 0.236 e. The van der Waals surface area contributed by atoms with Crippen molar-refractivity contribution >= 4 is 5.91 Å². The lowest BCUT2D eigenvalue weighted by Gasteiger charge is -2.22. The number of benzene rings is 1. The van der Waals surface area contributed by atoms with Crippen LogP contribution >= 0.6 is 0 Å². The van der Waals surface area contributed by atoms with Gasteiger partial charge in [0.1, 0.15) is 0 Å². The summed E-state index contributed by atoms with van der Waals surface area (Å²) in [7, 11) is 0. The Morgan fingerprint density at radius 1 is 1.15 bits per heavy atom. The van der Waals surface area contributed by atoms with Crippen LogP contribution in [-0.4, -0.2) is 30.4 Å². The van der Waals surface area contributed by atoms with Gasteiger partial charge in [0.05, 0.1) is 6.54 Å². The van der Waals surface area contributed by atoms with Crippen LogP contribution in [0.25, 0.3) is 0 Å². The number of aryl methyl sites for hydroxylation is 1. The van der Waals surface area contributed by atoms with Crippen molar-refractivity contribution in [2.75, 3.05) is 19.6 Å². The molecule has 1 aromatic rings. The first-order chi connectivity index (χ1) is 9.66. The van der Waals surface area contributed by atoms with Gasteiger partial charge < -0.3 is 10.2 Å². The zero-order chi connectivity index (χ0) is 14.4. The minimum absolute atomic E-state index is 0.214. The quantitative estimate of drug-likeness (QED) is 0.915. The molecule has 110 valence electrons. The number of nitrogens with one attached hydrogen (secondary N) is 1. The number of hydrogen-bond donors (Lipinski definition) is 1. The standard InChI is InChI=1S/C17H26N2O/c1-14-7-9-16(10-8-14)15(2)18-13-17(20)19-11-5-3-4-6-12-19/h7-10,15,18H,3-6,11-13H2,1-2H3/t15-/m1/s1. The summed E-state index contributed by atoms with van der Waals surface area (Å²) in [6, 6.07) is 8.70. The maximum atomic E-state index is 12.2. The molecule has 20 heavy (non-hydrogen) atoms. The fourth-order valence-corrected chi connectivity index (χ4v) is 2.65. The molecule has 0 aromatic heterocycles. The first kappa shape index (κ1) is 15.0. The molecule has 3 heteroatoms. The zero-order valence-corrected chi connectivity index (χ0v) is 12.7. The highest BCUT2D eigenvalue weighted by Gasteiger charge is 2.16. The highest BCUT2D eigenvalue weighted by molar-refractivity contribution is 5.78. The lowest BCUT2D eigenvalue weighted by atomic mass is 10.1. The Morgan fingerprint density at radius 2 is 1.75 bits per heavy atom. The molecule has 0 bridgehead atoms. The van der Waals surface area contributed by atoms with E-state index in [4.69, 9.17) is 0 Å². The average Bonchev–Trinajstić information content (AvgIpc) is 2.74. The third kappa shape index (κ3) is 4.34. The van der Waals surface area contributed by atoms with E-state index in [0.29, 0.717) is 6.54 Å². The van der Waals surface area contributed by atoms with E-state index in [9.17, 15) is 4.79 Å². The molecule has 1 aliphatic heterocycles. The van der Waals surface area contributed by atoms with Crippen LogP contribution in [0.5, 0.6) is 0 Å². The molecule has 3 nitrogen and oxygen atoms in total. The SMILES string of the molecule is Cc1ccc([C@@H](C)NCC(=O)N2CCCCCC2)cc1. The zero-order valence-electron chi connectivity index (χ0n) is 12.7. The van der Waals surface area contributed by atoms with Gasteiger partial charge in [-0.15, -0.1) is 0 Å². The summed E-state index contributed by atoms with van der Waals surface area (Å²) >= 11 is 0. The van der Waals surface area contributed by atoms with E-state index in [1.165, 1.54) is 24.0 Å². The molecule has 1 fully saturated rings. The van der Waals surface area contributed by atoms with E-state index in [1.54, 1.807) is 0 Å². The van der Waals surface area contributed by atoms with Crippen LogP contribution < -0.4 is 5.32 Å². The number of hydrogen-bond acceptors (Lipinski definition) is 2. The number of carbonyl (C=O) groups is 1. The van der Waals surface area contributed by atoms with Crippen molar-refractivity contribution in [1.82, 2.24) is 10.2 Å². The molecule has 1 atom stereocenters. The van der Waals surface area contributed by atoms with E-state index >= 15 is 0 Å². The topological polar surface area (TPSA) is 32.3 Å². The highest BCUT2D eigenvalue weighted by Crippen LogP contribution is 2.13. The summed E-state index contributed by atoms with van der Waals surface area (Å²) in [4.78, 5) is 14.2. The van der Waals surface area contributed by atoms with Crippen molar-refractivity contribution < 1.29 is 4.79 Å². The van der Waals surface area contributed by atoms with E-state index in [2.05, 4.69) is 43.4 Å². The van der Waals surface area contributed by atoms with Crippen LogP contribution in [0, 0.1) is 6.92 Å². The number of carbonyl (C=O) groups excluding carboxylic acids is 1. The molecule has 0 aliphatic carbocycles. The summed E-state index contributed by atoms with van der Waals surface area (Å²) < 4.78 is 0. The Morgan fingerprint density at radius 3 is 2.35 bits per heavy atom. The molecule has 2 rings (SSSR count). The minimum Gasteiger partial charge on any atom is -0.342 e. The summed E-state index contributed by atoms with van der Waals surface area (Å²) in [5, 5.41) is 3.34. The number of nitrogens with zero attached hydrogens (tertiary/aromatic N) is 1. The molecular formula is C17H26N2O. The summed E-state index contributed by atoms with van der Waals surface area (Å²) in [6.07, 6.45) is 4.83. The van der Waals surface area contributed by atoms with Crippen molar-refractivity contribution in [3.63, 3.8) is 0 Å². The van der Waals surface area contributed by atoms with Crippen LogP contribution in [0.1, 0.15) is 49.8 Å². The van der Waals surface area contributed by atoms with Gasteiger partial charge in [-0.2, -0.15) is 0 Å². The van der Waals surface area contributed by atoms with Gasteiger partial charge in [0.25, 0.3) is 0 Å². The summed E-state index contributed by atoms with van der Waals surface area (Å²) in [5.41, 5.74) is 2.50. The maximum absolute atomic E-state index is 12.2. The molecule has 0 radical (unpaired) electrons. The molecule has 0 saturated carbocycles. The lowest BCUT2D eigenvalue weighted by molar-refractivity contribution is -0.130. The van der Waals surface area contributed by atoms with E-state index in [-0.39, 0.29) is 11.9 Å². The smallest absolute Gasteiger partial charge is 0.236 e. The molecule has 1 N–H and O–H groups in total. The van der Waals surface area contributed by atoms with Gasteiger partial charge >= 0.3 is 0 Å². The monoisotopic (exact) mass is 274 g/mol. The predicted molar refractivity (Wildman–Crippen MR) is 82.6 cm³/mol. The molecule has 1 heterocycles. The van der Waals surface area contributed by atoms with Gasteiger partial charge in [0, 0.05) is 19.1 Å². The van der Waals surface area contributed by atoms with E-state index in [0.717, 1.165) is 25.9 Å². The first-order valence-corrected chi connectivity index (χ1v) is 7.74. The number of rotatable bonds is 4. The third-order valence-electron chi connectivity index (χ3n) is 4.10. The second-order valence-corrected chi connectivity index (χ2v) is 5.81. The lowest BCUT2D eigenvalue weighted by Crippen LogP contribution is -2.39. The molecular weight excluding hydrogens is 248 g/mol. The minimum atomic E-state index is 0.214. The van der Waals surface area contributed by atoms with Crippen LogP contribution in [0.2, 0.25) is 0 Å². The van der Waals surface area contributed by atoms with Gasteiger partial charge in [0.2, 0.25) is 5.91 Å². The highest BCUT2D eigenvalue weighted by atomic mass is 16.2. The molecule has 1 amide bonds. The Labute approximate surface area is 122 Å². The van der Waals surface area contributed by atoms with Crippen molar-refractivity contribution in [3.8, 4) is 0 Å². The summed E-state index contributed by atoms with van der Waals surface area (Å²) in [6.45, 7) is 6.50. The van der Waals surface area contributed by atoms with E-state index < -0.39 is 0 Å². The van der Waals surface area contributed by atoms with Gasteiger partial charge in [-0.05, 0) is 32.3 Å². The number of likely N-dealkylation sites (tertiary alicyclic amines) is 1. The van der Waals surface area contributed by atoms with Crippen LogP contribution in [-0.2, 0) is 4.79 Å². The third-order valence-corrected chi connectivity index (χ3v) is 4.10. The fourth-order valence-electron chi connectivity index (χ4n) is 2.65. The Kier molecular flexibility index (Phi) is 5.60. The second kappa shape index (κ2) is 7.44. The van der Waals surface area contributed by atoms with Gasteiger partial charge in [-0.25, -0.2) is 0 Å². The van der Waals surface area contributed by atoms with Gasteiger partial charge in [-0.1, -0.05) is 42.7 Å². The van der Waals surface area contributed by atoms with Crippen molar-refractivity contribution in [2.45, 2.75) is 45.6 Å². The Bertz CT molecular complexity index is 419. The Hall–Kier alpha value is -1.35. The van der Waals surface area contributed by atoms with Crippen LogP contribution in [0.3, 0.4) is 0 Å². The van der Waals surface area contributed by atoms with Gasteiger partial charge in [0.15, 0.2) is 0 Å². The fraction of sp³-hybridized carbons (Fsp3) is 0.588. The predicted octanol–water partition coefficient (Wildman–Crippen LogP) is 3.05. The molecule has 1 aliphatic rings. The van der Waals surface area contributed by atoms with Crippen LogP contribution in [0.4, 0.5) is 0 Å². The molecule has 1 saturated heterocycles. The molecule has 0 spiro atoms. The molecule has 1 aromatic carbocycles. The Balaban J connectivity index is 1.81. The first-order valence-electron chi connectivity index (χ1n) is 7.74. The largest absolute Gasteiger partial charge is 0.342 e. The summed E-state index contributed by atoms with van der Waals surface area (Å²) in [5.74, 6) is 0.242. The van der Waals surface area contributed by atoms with Gasteiger partial charge in [-0.3, -0.25) is 4.79 Å². The normalized spacial score (nSPS) is 17.6. The van der Waals surface area contributed by atoms with E-state index in [1.807, 2.05) is 4.90 Å². The van der Waals surface area contributed by atoms with Crippen molar-refractivity contribution in [1.29, 1.82) is 0 Å². The van der Waals surface area contributed by atoms with Crippen molar-refractivity contribution in [2.24, 2.45) is 0 Å². The second-order valence-electron chi connectivity index (χ2n) is 5.81. The average molecular weight is 274 g/mol. The van der Waals surface area contributed by atoms with Crippen LogP contribution in [0.15, 0.2) is 24.3 Å². The number of amides is 1.